The first-order chi connectivity index (χ1) is 17.8. The van der Waals surface area contributed by atoms with Crippen LogP contribution in [0.5, 0.6) is 0 Å². The number of hydrogen-bond donors (Lipinski definition) is 2. The van der Waals surface area contributed by atoms with Gasteiger partial charge in [0.1, 0.15) is 0 Å². The minimum Gasteiger partial charge on any atom is -0.593 e. The fourth-order valence-corrected chi connectivity index (χ4v) is 7.10. The molecule has 6 nitrogen and oxygen atoms in total. The molecular formula is C31H47N3O3S. The zero-order valence-electron chi connectivity index (χ0n) is 24.4. The van der Waals surface area contributed by atoms with E-state index in [9.17, 15) is 9.35 Å². The van der Waals surface area contributed by atoms with Crippen LogP contribution in [0, 0.1) is 12.8 Å². The number of carbonyl (C=O) groups excluding carboxylic acids is 1. The van der Waals surface area contributed by atoms with Crippen LogP contribution in [0.4, 0.5) is 0 Å². The van der Waals surface area contributed by atoms with Gasteiger partial charge in [0, 0.05) is 42.8 Å². The minimum absolute atomic E-state index is 0.00367. The number of rotatable bonds is 7. The molecule has 2 heterocycles. The molecule has 1 unspecified atom stereocenters. The Hall–Kier alpha value is -1.80. The lowest BCUT2D eigenvalue weighted by molar-refractivity contribution is 0.0696. The molecule has 2 N–H and O–H groups in total. The predicted molar refractivity (Wildman–Crippen MR) is 156 cm³/mol. The van der Waals surface area contributed by atoms with E-state index in [0.717, 1.165) is 52.4 Å². The van der Waals surface area contributed by atoms with Crippen LogP contribution >= 0.6 is 0 Å². The van der Waals surface area contributed by atoms with Gasteiger partial charge >= 0.3 is 0 Å². The van der Waals surface area contributed by atoms with Gasteiger partial charge in [0.2, 0.25) is 0 Å². The maximum atomic E-state index is 13.5. The zero-order chi connectivity index (χ0) is 27.7. The number of nitrogens with one attached hydrogen (secondary N) is 2. The average Bonchev–Trinajstić information content (AvgIpc) is 3.46. The van der Waals surface area contributed by atoms with Crippen molar-refractivity contribution in [1.29, 1.82) is 0 Å². The second-order valence-corrected chi connectivity index (χ2v) is 14.4. The third kappa shape index (κ3) is 7.04. The van der Waals surface area contributed by atoms with Gasteiger partial charge in [-0.25, -0.2) is 0 Å². The molecule has 1 aliphatic heterocycles. The number of nitrogens with zero attached hydrogens (tertiary/aromatic N) is 1. The normalized spacial score (nSPS) is 18.6. The Labute approximate surface area is 232 Å². The standard InChI is InChI=1S/C31H47N3O3S/c1-21-25(29(35)32-24-14-16-37-17-15-24)19-27(34(21)20-22-10-8-9-11-22)23-12-13-28(26(18-23)30(2,3)4)38(36)33-31(5,6)7/h12-13,18-19,22,24,33H,8-11,14-17,20H2,1-7H3,(H,32,35). The summed E-state index contributed by atoms with van der Waals surface area (Å²) in [5.74, 6) is 0.639. The lowest BCUT2D eigenvalue weighted by Crippen LogP contribution is -2.41. The molecule has 2 aliphatic rings. The molecule has 7 heteroatoms. The quantitative estimate of drug-likeness (QED) is 0.405. The third-order valence-corrected chi connectivity index (χ3v) is 9.32. The fraction of sp³-hybridized carbons (Fsp3) is 0.645. The molecule has 38 heavy (non-hydrogen) atoms. The molecule has 1 atom stereocenters. The molecule has 0 bridgehead atoms. The van der Waals surface area contributed by atoms with E-state index in [-0.39, 0.29) is 22.9 Å². The SMILES string of the molecule is Cc1c(C(=O)NC2CCOCC2)cc(-c2ccc([S+]([O-])NC(C)(C)C)c(C(C)(C)C)c2)n1CC1CCCC1. The Balaban J connectivity index is 1.74. The summed E-state index contributed by atoms with van der Waals surface area (Å²) in [4.78, 5) is 14.3. The van der Waals surface area contributed by atoms with Crippen molar-refractivity contribution in [3.63, 3.8) is 0 Å². The van der Waals surface area contributed by atoms with E-state index in [4.69, 9.17) is 4.74 Å². The van der Waals surface area contributed by atoms with Crippen LogP contribution in [0.15, 0.2) is 29.2 Å². The monoisotopic (exact) mass is 541 g/mol. The van der Waals surface area contributed by atoms with Gasteiger partial charge in [-0.3, -0.25) is 4.79 Å². The van der Waals surface area contributed by atoms with Crippen molar-refractivity contribution in [2.24, 2.45) is 5.92 Å². The maximum Gasteiger partial charge on any atom is 0.253 e. The first kappa shape index (κ1) is 29.2. The van der Waals surface area contributed by atoms with Gasteiger partial charge in [0.05, 0.1) is 22.5 Å². The summed E-state index contributed by atoms with van der Waals surface area (Å²) in [6.07, 6.45) is 6.77. The maximum absolute atomic E-state index is 13.5. The molecule has 1 amide bonds. The Morgan fingerprint density at radius 2 is 1.71 bits per heavy atom. The lowest BCUT2D eigenvalue weighted by atomic mass is 9.85. The van der Waals surface area contributed by atoms with Gasteiger partial charge < -0.3 is 19.2 Å². The summed E-state index contributed by atoms with van der Waals surface area (Å²) in [6.45, 7) is 17.0. The van der Waals surface area contributed by atoms with Crippen LogP contribution in [0.2, 0.25) is 0 Å². The molecule has 1 aromatic heterocycles. The number of aromatic nitrogens is 1. The molecule has 2 fully saturated rings. The smallest absolute Gasteiger partial charge is 0.253 e. The van der Waals surface area contributed by atoms with Crippen molar-refractivity contribution >= 4 is 17.3 Å². The van der Waals surface area contributed by atoms with E-state index >= 15 is 0 Å². The molecule has 1 saturated carbocycles. The molecule has 0 spiro atoms. The van der Waals surface area contributed by atoms with Gasteiger partial charge in [-0.05, 0) is 94.5 Å². The van der Waals surface area contributed by atoms with Crippen molar-refractivity contribution in [2.75, 3.05) is 13.2 Å². The van der Waals surface area contributed by atoms with Crippen LogP contribution in [-0.4, -0.2) is 39.8 Å². The number of carbonyl (C=O) groups is 1. The molecule has 2 aromatic rings. The highest BCUT2D eigenvalue weighted by Gasteiger charge is 2.30. The molecule has 1 aromatic carbocycles. The average molecular weight is 542 g/mol. The number of benzene rings is 1. The van der Waals surface area contributed by atoms with Crippen LogP contribution < -0.4 is 10.0 Å². The topological polar surface area (TPSA) is 78.3 Å². The molecule has 1 aliphatic carbocycles. The Morgan fingerprint density at radius 1 is 1.05 bits per heavy atom. The Bertz CT molecular complexity index is 1120. The van der Waals surface area contributed by atoms with E-state index in [1.807, 2.05) is 26.8 Å². The highest BCUT2D eigenvalue weighted by molar-refractivity contribution is 7.89. The van der Waals surface area contributed by atoms with E-state index in [1.165, 1.54) is 25.7 Å². The van der Waals surface area contributed by atoms with E-state index in [0.29, 0.717) is 19.1 Å². The molecule has 4 rings (SSSR count). The molecular weight excluding hydrogens is 494 g/mol. The first-order valence-corrected chi connectivity index (χ1v) is 15.4. The van der Waals surface area contributed by atoms with Crippen LogP contribution in [0.25, 0.3) is 11.3 Å². The van der Waals surface area contributed by atoms with Crippen LogP contribution in [0.1, 0.15) is 102 Å². The van der Waals surface area contributed by atoms with Gasteiger partial charge in [-0.2, -0.15) is 0 Å². The Morgan fingerprint density at radius 3 is 2.32 bits per heavy atom. The summed E-state index contributed by atoms with van der Waals surface area (Å²) in [6, 6.07) is 8.51. The van der Waals surface area contributed by atoms with E-state index in [2.05, 4.69) is 60.5 Å². The molecule has 1 saturated heterocycles. The van der Waals surface area contributed by atoms with E-state index in [1.54, 1.807) is 0 Å². The van der Waals surface area contributed by atoms with Crippen molar-refractivity contribution in [2.45, 2.75) is 115 Å². The zero-order valence-corrected chi connectivity index (χ0v) is 25.2. The first-order valence-electron chi connectivity index (χ1n) is 14.3. The van der Waals surface area contributed by atoms with Crippen LogP contribution in [0.3, 0.4) is 0 Å². The van der Waals surface area contributed by atoms with Crippen molar-refractivity contribution in [3.8, 4) is 11.3 Å². The van der Waals surface area contributed by atoms with Gasteiger partial charge in [0.15, 0.2) is 4.90 Å². The molecule has 0 radical (unpaired) electrons. The number of hydrogen-bond acceptors (Lipinski definition) is 4. The van der Waals surface area contributed by atoms with Crippen molar-refractivity contribution in [1.82, 2.24) is 14.6 Å². The van der Waals surface area contributed by atoms with Gasteiger partial charge in [-0.1, -0.05) is 33.6 Å². The summed E-state index contributed by atoms with van der Waals surface area (Å²) >= 11 is -1.33. The van der Waals surface area contributed by atoms with Crippen molar-refractivity contribution < 1.29 is 14.1 Å². The third-order valence-electron chi connectivity index (χ3n) is 7.77. The lowest BCUT2D eigenvalue weighted by Gasteiger charge is -2.27. The largest absolute Gasteiger partial charge is 0.593 e. The summed E-state index contributed by atoms with van der Waals surface area (Å²) in [7, 11) is 0. The molecule has 210 valence electrons. The Kier molecular flexibility index (Phi) is 9.02. The van der Waals surface area contributed by atoms with Crippen molar-refractivity contribution in [3.05, 3.63) is 41.1 Å². The highest BCUT2D eigenvalue weighted by atomic mass is 32.2. The highest BCUT2D eigenvalue weighted by Crippen LogP contribution is 2.36. The summed E-state index contributed by atoms with van der Waals surface area (Å²) < 4.78 is 24.4. The number of amides is 1. The predicted octanol–water partition coefficient (Wildman–Crippen LogP) is 6.27. The minimum atomic E-state index is -1.33. The second-order valence-electron chi connectivity index (χ2n) is 13.2. The van der Waals surface area contributed by atoms with Crippen LogP contribution in [-0.2, 0) is 28.1 Å². The summed E-state index contributed by atoms with van der Waals surface area (Å²) in [5, 5.41) is 3.26. The second kappa shape index (κ2) is 11.7. The van der Waals surface area contributed by atoms with Gasteiger partial charge in [-0.15, -0.1) is 4.72 Å². The van der Waals surface area contributed by atoms with E-state index < -0.39 is 11.4 Å². The number of ether oxygens (including phenoxy) is 1. The summed E-state index contributed by atoms with van der Waals surface area (Å²) in [5.41, 5.74) is 4.51. The van der Waals surface area contributed by atoms with Gasteiger partial charge in [0.25, 0.3) is 5.91 Å². The fourth-order valence-electron chi connectivity index (χ4n) is 5.68.